The molecule has 1 aromatic carbocycles. The van der Waals surface area contributed by atoms with Crippen molar-refractivity contribution in [2.24, 2.45) is 5.92 Å². The van der Waals surface area contributed by atoms with Crippen LogP contribution in [0.3, 0.4) is 0 Å². The van der Waals surface area contributed by atoms with Gasteiger partial charge >= 0.3 is 0 Å². The summed E-state index contributed by atoms with van der Waals surface area (Å²) in [5, 5.41) is 6.69. The van der Waals surface area contributed by atoms with Gasteiger partial charge in [0, 0.05) is 17.8 Å². The number of hydrogen-bond acceptors (Lipinski definition) is 2. The second-order valence-electron chi connectivity index (χ2n) is 5.89. The van der Waals surface area contributed by atoms with Gasteiger partial charge in [-0.25, -0.2) is 0 Å². The van der Waals surface area contributed by atoms with Crippen LogP contribution >= 0.6 is 0 Å². The Morgan fingerprint density at radius 3 is 2.79 bits per heavy atom. The average molecular weight is 258 g/mol. The van der Waals surface area contributed by atoms with Gasteiger partial charge in [-0.2, -0.15) is 0 Å². The van der Waals surface area contributed by atoms with Gasteiger partial charge in [-0.1, -0.05) is 31.0 Å². The number of carbonyl (C=O) groups is 1. The number of amides is 1. The standard InChI is InChI=1S/C16H22N2O/c1-11-14(16(19)18-13-7-3-4-8-13)10-12-6-2-5-9-15(12)17-11/h2,5-6,9,11,13-14,17H,3-4,7-8,10H2,1H3,(H,18,19). The summed E-state index contributed by atoms with van der Waals surface area (Å²) in [5.41, 5.74) is 2.44. The summed E-state index contributed by atoms with van der Waals surface area (Å²) in [6, 6.07) is 8.91. The second kappa shape index (κ2) is 5.24. The lowest BCUT2D eigenvalue weighted by Crippen LogP contribution is -2.46. The van der Waals surface area contributed by atoms with Crippen molar-refractivity contribution in [1.29, 1.82) is 0 Å². The van der Waals surface area contributed by atoms with Crippen molar-refractivity contribution >= 4 is 11.6 Å². The highest BCUT2D eigenvalue weighted by molar-refractivity contribution is 5.81. The number of nitrogens with one attached hydrogen (secondary N) is 2. The first-order valence-electron chi connectivity index (χ1n) is 7.39. The molecule has 0 aromatic heterocycles. The fraction of sp³-hybridized carbons (Fsp3) is 0.562. The maximum Gasteiger partial charge on any atom is 0.225 e. The fourth-order valence-corrected chi connectivity index (χ4v) is 3.30. The maximum absolute atomic E-state index is 12.4. The molecule has 0 radical (unpaired) electrons. The highest BCUT2D eigenvalue weighted by Gasteiger charge is 2.31. The fourth-order valence-electron chi connectivity index (χ4n) is 3.30. The number of rotatable bonds is 2. The molecule has 1 fully saturated rings. The van der Waals surface area contributed by atoms with E-state index in [1.807, 2.05) is 12.1 Å². The minimum atomic E-state index is 0.0514. The largest absolute Gasteiger partial charge is 0.382 e. The van der Waals surface area contributed by atoms with Crippen molar-refractivity contribution in [3.8, 4) is 0 Å². The van der Waals surface area contributed by atoms with Crippen molar-refractivity contribution < 1.29 is 4.79 Å². The third-order valence-electron chi connectivity index (χ3n) is 4.48. The molecule has 1 aliphatic carbocycles. The van der Waals surface area contributed by atoms with Gasteiger partial charge in [0.25, 0.3) is 0 Å². The first kappa shape index (κ1) is 12.5. The topological polar surface area (TPSA) is 41.1 Å². The normalized spacial score (nSPS) is 26.6. The summed E-state index contributed by atoms with van der Waals surface area (Å²) in [6.45, 7) is 2.11. The summed E-state index contributed by atoms with van der Waals surface area (Å²) in [4.78, 5) is 12.4. The molecular formula is C16H22N2O. The van der Waals surface area contributed by atoms with Crippen LogP contribution < -0.4 is 10.6 Å². The van der Waals surface area contributed by atoms with Crippen molar-refractivity contribution in [2.45, 2.75) is 51.1 Å². The Hall–Kier alpha value is -1.51. The van der Waals surface area contributed by atoms with E-state index in [0.717, 1.165) is 19.3 Å². The molecule has 1 aliphatic heterocycles. The van der Waals surface area contributed by atoms with E-state index in [-0.39, 0.29) is 17.9 Å². The van der Waals surface area contributed by atoms with E-state index in [1.54, 1.807) is 0 Å². The lowest BCUT2D eigenvalue weighted by atomic mass is 9.87. The van der Waals surface area contributed by atoms with Gasteiger partial charge in [-0.15, -0.1) is 0 Å². The number of benzene rings is 1. The predicted molar refractivity (Wildman–Crippen MR) is 77.1 cm³/mol. The Bertz CT molecular complexity index is 466. The van der Waals surface area contributed by atoms with E-state index in [2.05, 4.69) is 29.7 Å². The molecule has 3 heteroatoms. The van der Waals surface area contributed by atoms with Crippen LogP contribution in [0.15, 0.2) is 24.3 Å². The zero-order chi connectivity index (χ0) is 13.2. The van der Waals surface area contributed by atoms with Gasteiger partial charge in [0.2, 0.25) is 5.91 Å². The Morgan fingerprint density at radius 2 is 2.00 bits per heavy atom. The van der Waals surface area contributed by atoms with E-state index in [9.17, 15) is 4.79 Å². The van der Waals surface area contributed by atoms with E-state index in [1.165, 1.54) is 24.1 Å². The molecule has 2 N–H and O–H groups in total. The quantitative estimate of drug-likeness (QED) is 0.856. The van der Waals surface area contributed by atoms with E-state index < -0.39 is 0 Å². The Labute approximate surface area is 114 Å². The Kier molecular flexibility index (Phi) is 3.45. The van der Waals surface area contributed by atoms with Crippen LogP contribution in [-0.2, 0) is 11.2 Å². The van der Waals surface area contributed by atoms with Crippen LogP contribution in [-0.4, -0.2) is 18.0 Å². The molecule has 1 amide bonds. The molecule has 3 nitrogen and oxygen atoms in total. The molecule has 19 heavy (non-hydrogen) atoms. The van der Waals surface area contributed by atoms with E-state index in [0.29, 0.717) is 6.04 Å². The third kappa shape index (κ3) is 2.60. The minimum Gasteiger partial charge on any atom is -0.382 e. The van der Waals surface area contributed by atoms with Crippen molar-refractivity contribution in [1.82, 2.24) is 5.32 Å². The highest BCUT2D eigenvalue weighted by atomic mass is 16.2. The number of para-hydroxylation sites is 1. The van der Waals surface area contributed by atoms with Crippen molar-refractivity contribution in [3.05, 3.63) is 29.8 Å². The summed E-state index contributed by atoms with van der Waals surface area (Å²) < 4.78 is 0. The van der Waals surface area contributed by atoms with Crippen LogP contribution in [0, 0.1) is 5.92 Å². The molecule has 2 unspecified atom stereocenters. The lowest BCUT2D eigenvalue weighted by molar-refractivity contribution is -0.126. The molecular weight excluding hydrogens is 236 g/mol. The number of hydrogen-bond donors (Lipinski definition) is 2. The predicted octanol–water partition coefficient (Wildman–Crippen LogP) is 2.72. The minimum absolute atomic E-state index is 0.0514. The summed E-state index contributed by atoms with van der Waals surface area (Å²) >= 11 is 0. The summed E-state index contributed by atoms with van der Waals surface area (Å²) in [6.07, 6.45) is 5.66. The van der Waals surface area contributed by atoms with Crippen LogP contribution in [0.2, 0.25) is 0 Å². The molecule has 0 bridgehead atoms. The Morgan fingerprint density at radius 1 is 1.26 bits per heavy atom. The van der Waals surface area contributed by atoms with Crippen molar-refractivity contribution in [3.63, 3.8) is 0 Å². The zero-order valence-corrected chi connectivity index (χ0v) is 11.5. The van der Waals surface area contributed by atoms with E-state index >= 15 is 0 Å². The van der Waals surface area contributed by atoms with Crippen LogP contribution in [0.4, 0.5) is 5.69 Å². The second-order valence-corrected chi connectivity index (χ2v) is 5.89. The molecule has 1 aromatic rings. The lowest BCUT2D eigenvalue weighted by Gasteiger charge is -2.32. The molecule has 0 saturated heterocycles. The molecule has 2 atom stereocenters. The number of fused-ring (bicyclic) bond motifs is 1. The first-order valence-corrected chi connectivity index (χ1v) is 7.39. The molecule has 102 valence electrons. The maximum atomic E-state index is 12.4. The SMILES string of the molecule is CC1Nc2ccccc2CC1C(=O)NC1CCCC1. The van der Waals surface area contributed by atoms with Gasteiger partial charge in [-0.05, 0) is 37.8 Å². The zero-order valence-electron chi connectivity index (χ0n) is 11.5. The average Bonchev–Trinajstić information content (AvgIpc) is 2.90. The van der Waals surface area contributed by atoms with Crippen LogP contribution in [0.1, 0.15) is 38.2 Å². The van der Waals surface area contributed by atoms with Gasteiger partial charge < -0.3 is 10.6 Å². The highest BCUT2D eigenvalue weighted by Crippen LogP contribution is 2.28. The Balaban J connectivity index is 1.69. The van der Waals surface area contributed by atoms with Gasteiger partial charge in [0.15, 0.2) is 0 Å². The van der Waals surface area contributed by atoms with Crippen LogP contribution in [0.5, 0.6) is 0 Å². The van der Waals surface area contributed by atoms with E-state index in [4.69, 9.17) is 0 Å². The van der Waals surface area contributed by atoms with Crippen LogP contribution in [0.25, 0.3) is 0 Å². The molecule has 1 heterocycles. The van der Waals surface area contributed by atoms with Gasteiger partial charge in [0.1, 0.15) is 0 Å². The molecule has 3 rings (SSSR count). The third-order valence-corrected chi connectivity index (χ3v) is 4.48. The molecule has 0 spiro atoms. The summed E-state index contributed by atoms with van der Waals surface area (Å²) in [5.74, 6) is 0.275. The van der Waals surface area contributed by atoms with Crippen molar-refractivity contribution in [2.75, 3.05) is 5.32 Å². The first-order chi connectivity index (χ1) is 9.24. The molecule has 2 aliphatic rings. The molecule has 1 saturated carbocycles. The number of anilines is 1. The number of carbonyl (C=O) groups excluding carboxylic acids is 1. The smallest absolute Gasteiger partial charge is 0.225 e. The summed E-state index contributed by atoms with van der Waals surface area (Å²) in [7, 11) is 0. The van der Waals surface area contributed by atoms with Gasteiger partial charge in [0.05, 0.1) is 5.92 Å². The monoisotopic (exact) mass is 258 g/mol. The van der Waals surface area contributed by atoms with Gasteiger partial charge in [-0.3, -0.25) is 4.79 Å².